The van der Waals surface area contributed by atoms with Crippen molar-refractivity contribution in [3.63, 3.8) is 0 Å². The molecule has 6 nitrogen and oxygen atoms in total. The SMILES string of the molecule is CC(C)N(CC(=O)O)C(=O)c1csc(CN)n1. The van der Waals surface area contributed by atoms with Crippen LogP contribution in [0.3, 0.4) is 0 Å². The molecule has 3 N–H and O–H groups in total. The van der Waals surface area contributed by atoms with Crippen LogP contribution in [0.4, 0.5) is 0 Å². The quantitative estimate of drug-likeness (QED) is 0.802. The van der Waals surface area contributed by atoms with Gasteiger partial charge in [-0.25, -0.2) is 4.98 Å². The number of hydrogen-bond acceptors (Lipinski definition) is 5. The average Bonchev–Trinajstić information content (AvgIpc) is 2.72. The van der Waals surface area contributed by atoms with Crippen molar-refractivity contribution in [2.24, 2.45) is 5.73 Å². The van der Waals surface area contributed by atoms with Crippen molar-refractivity contribution in [1.29, 1.82) is 0 Å². The van der Waals surface area contributed by atoms with Crippen LogP contribution < -0.4 is 5.73 Å². The highest BCUT2D eigenvalue weighted by Crippen LogP contribution is 2.12. The fourth-order valence-corrected chi connectivity index (χ4v) is 1.93. The Hall–Kier alpha value is -1.47. The first-order chi connectivity index (χ1) is 7.95. The number of aliphatic carboxylic acids is 1. The highest BCUT2D eigenvalue weighted by atomic mass is 32.1. The Morgan fingerprint density at radius 3 is 2.65 bits per heavy atom. The number of carboxylic acid groups (broad SMARTS) is 1. The number of nitrogens with two attached hydrogens (primary N) is 1. The molecule has 1 heterocycles. The van der Waals surface area contributed by atoms with Gasteiger partial charge in [-0.2, -0.15) is 0 Å². The number of carboxylic acids is 1. The van der Waals surface area contributed by atoms with Crippen molar-refractivity contribution >= 4 is 23.2 Å². The number of aromatic nitrogens is 1. The molecule has 7 heteroatoms. The molecule has 0 atom stereocenters. The van der Waals surface area contributed by atoms with Crippen LogP contribution in [0.1, 0.15) is 29.3 Å². The van der Waals surface area contributed by atoms with E-state index in [1.54, 1.807) is 19.2 Å². The summed E-state index contributed by atoms with van der Waals surface area (Å²) in [6, 6.07) is -0.193. The summed E-state index contributed by atoms with van der Waals surface area (Å²) in [5.41, 5.74) is 5.66. The lowest BCUT2D eigenvalue weighted by Crippen LogP contribution is -2.40. The van der Waals surface area contributed by atoms with E-state index in [1.165, 1.54) is 16.2 Å². The zero-order chi connectivity index (χ0) is 13.0. The highest BCUT2D eigenvalue weighted by Gasteiger charge is 2.23. The van der Waals surface area contributed by atoms with Gasteiger partial charge in [0, 0.05) is 18.0 Å². The molecule has 0 spiro atoms. The van der Waals surface area contributed by atoms with E-state index < -0.39 is 5.97 Å². The second-order valence-electron chi connectivity index (χ2n) is 3.75. The maximum Gasteiger partial charge on any atom is 0.323 e. The van der Waals surface area contributed by atoms with Gasteiger partial charge in [0.1, 0.15) is 17.2 Å². The van der Waals surface area contributed by atoms with E-state index in [0.717, 1.165) is 0 Å². The minimum Gasteiger partial charge on any atom is -0.480 e. The van der Waals surface area contributed by atoms with Crippen LogP contribution in [0.2, 0.25) is 0 Å². The van der Waals surface area contributed by atoms with E-state index >= 15 is 0 Å². The molecule has 0 saturated carbocycles. The summed E-state index contributed by atoms with van der Waals surface area (Å²) >= 11 is 1.29. The van der Waals surface area contributed by atoms with Crippen LogP contribution in [0, 0.1) is 0 Å². The van der Waals surface area contributed by atoms with Crippen molar-refractivity contribution in [3.05, 3.63) is 16.1 Å². The molecule has 1 amide bonds. The fourth-order valence-electron chi connectivity index (χ4n) is 1.28. The Labute approximate surface area is 103 Å². The van der Waals surface area contributed by atoms with Gasteiger partial charge in [-0.15, -0.1) is 11.3 Å². The van der Waals surface area contributed by atoms with E-state index in [9.17, 15) is 9.59 Å². The van der Waals surface area contributed by atoms with Gasteiger partial charge >= 0.3 is 5.97 Å². The summed E-state index contributed by atoms with van der Waals surface area (Å²) in [6.07, 6.45) is 0. The Morgan fingerprint density at radius 2 is 2.24 bits per heavy atom. The minimum absolute atomic E-state index is 0.193. The van der Waals surface area contributed by atoms with Gasteiger partial charge in [-0.1, -0.05) is 0 Å². The minimum atomic E-state index is -1.04. The molecule has 0 aliphatic carbocycles. The molecule has 1 rings (SSSR count). The van der Waals surface area contributed by atoms with Crippen LogP contribution in [-0.4, -0.2) is 39.5 Å². The van der Waals surface area contributed by atoms with Crippen LogP contribution in [0.5, 0.6) is 0 Å². The summed E-state index contributed by atoms with van der Waals surface area (Å²) in [5, 5.41) is 11.0. The lowest BCUT2D eigenvalue weighted by atomic mass is 10.3. The number of amides is 1. The molecule has 0 saturated heterocycles. The second kappa shape index (κ2) is 5.74. The van der Waals surface area contributed by atoms with Gasteiger partial charge in [0.2, 0.25) is 0 Å². The molecule has 0 aromatic carbocycles. The lowest BCUT2D eigenvalue weighted by Gasteiger charge is -2.23. The molecule has 0 radical (unpaired) electrons. The van der Waals surface area contributed by atoms with Crippen molar-refractivity contribution in [2.75, 3.05) is 6.54 Å². The molecule has 17 heavy (non-hydrogen) atoms. The summed E-state index contributed by atoms with van der Waals surface area (Å²) < 4.78 is 0. The topological polar surface area (TPSA) is 96.5 Å². The van der Waals surface area contributed by atoms with Gasteiger partial charge in [-0.05, 0) is 13.8 Å². The van der Waals surface area contributed by atoms with E-state index in [-0.39, 0.29) is 30.7 Å². The average molecular weight is 257 g/mol. The molecule has 94 valence electrons. The number of rotatable bonds is 5. The molecule has 1 aromatic heterocycles. The van der Waals surface area contributed by atoms with E-state index in [0.29, 0.717) is 5.01 Å². The number of thiazole rings is 1. The lowest BCUT2D eigenvalue weighted by molar-refractivity contribution is -0.138. The van der Waals surface area contributed by atoms with Crippen LogP contribution in [0.25, 0.3) is 0 Å². The molecule has 0 fully saturated rings. The van der Waals surface area contributed by atoms with Crippen LogP contribution >= 0.6 is 11.3 Å². The third kappa shape index (κ3) is 3.50. The maximum atomic E-state index is 12.0. The van der Waals surface area contributed by atoms with Crippen molar-refractivity contribution in [2.45, 2.75) is 26.4 Å². The van der Waals surface area contributed by atoms with E-state index in [2.05, 4.69) is 4.98 Å². The zero-order valence-electron chi connectivity index (χ0n) is 9.71. The Kier molecular flexibility index (Phi) is 4.59. The molecule has 1 aromatic rings. The van der Waals surface area contributed by atoms with Crippen LogP contribution in [-0.2, 0) is 11.3 Å². The van der Waals surface area contributed by atoms with Crippen LogP contribution in [0.15, 0.2) is 5.38 Å². The predicted octanol–water partition coefficient (Wildman–Crippen LogP) is 0.537. The van der Waals surface area contributed by atoms with E-state index in [1.807, 2.05) is 0 Å². The Morgan fingerprint density at radius 1 is 1.59 bits per heavy atom. The third-order valence-corrected chi connectivity index (χ3v) is 3.01. The van der Waals surface area contributed by atoms with Gasteiger partial charge in [0.25, 0.3) is 5.91 Å². The molecule has 0 aliphatic rings. The molecular weight excluding hydrogens is 242 g/mol. The van der Waals surface area contributed by atoms with Crippen molar-refractivity contribution in [3.8, 4) is 0 Å². The first-order valence-electron chi connectivity index (χ1n) is 5.13. The van der Waals surface area contributed by atoms with E-state index in [4.69, 9.17) is 10.8 Å². The molecule has 0 unspecified atom stereocenters. The smallest absolute Gasteiger partial charge is 0.323 e. The largest absolute Gasteiger partial charge is 0.480 e. The first-order valence-corrected chi connectivity index (χ1v) is 6.01. The van der Waals surface area contributed by atoms with Gasteiger partial charge in [-0.3, -0.25) is 9.59 Å². The summed E-state index contributed by atoms with van der Waals surface area (Å²) in [7, 11) is 0. The number of nitrogens with zero attached hydrogens (tertiary/aromatic N) is 2. The van der Waals surface area contributed by atoms with Crippen molar-refractivity contribution < 1.29 is 14.7 Å². The summed E-state index contributed by atoms with van der Waals surface area (Å²) in [5.74, 6) is -1.42. The van der Waals surface area contributed by atoms with Crippen molar-refractivity contribution in [1.82, 2.24) is 9.88 Å². The predicted molar refractivity (Wildman–Crippen MR) is 63.8 cm³/mol. The number of hydrogen-bond donors (Lipinski definition) is 2. The monoisotopic (exact) mass is 257 g/mol. The Bertz CT molecular complexity index is 417. The van der Waals surface area contributed by atoms with Gasteiger partial charge in [0.15, 0.2) is 0 Å². The fraction of sp³-hybridized carbons (Fsp3) is 0.500. The standard InChI is InChI=1S/C10H15N3O3S/c1-6(2)13(4-9(14)15)10(16)7-5-17-8(3-11)12-7/h5-6H,3-4,11H2,1-2H3,(H,14,15). The second-order valence-corrected chi connectivity index (χ2v) is 4.69. The molecule has 0 aliphatic heterocycles. The van der Waals surface area contributed by atoms with Gasteiger partial charge in [0.05, 0.1) is 0 Å². The van der Waals surface area contributed by atoms with Gasteiger partial charge < -0.3 is 15.7 Å². The normalized spacial score (nSPS) is 10.6. The molecular formula is C10H15N3O3S. The Balaban J connectivity index is 2.87. The maximum absolute atomic E-state index is 12.0. The number of carbonyl (C=O) groups excluding carboxylic acids is 1. The summed E-state index contributed by atoms with van der Waals surface area (Å²) in [4.78, 5) is 28.0. The molecule has 0 bridgehead atoms. The number of carbonyl (C=O) groups is 2. The zero-order valence-corrected chi connectivity index (χ0v) is 10.5. The third-order valence-electron chi connectivity index (χ3n) is 2.14. The first kappa shape index (κ1) is 13.6. The summed E-state index contributed by atoms with van der Waals surface area (Å²) in [6.45, 7) is 3.47. The highest BCUT2D eigenvalue weighted by molar-refractivity contribution is 7.09.